The van der Waals surface area contributed by atoms with Crippen LogP contribution in [0.5, 0.6) is 0 Å². The molecule has 0 fully saturated rings. The molecule has 1 N–H and O–H groups in total. The number of nitrogens with zero attached hydrogens (tertiary/aromatic N) is 3. The first-order valence-corrected chi connectivity index (χ1v) is 3.31. The smallest absolute Gasteiger partial charge is 0.155 e. The van der Waals surface area contributed by atoms with Crippen molar-refractivity contribution in [2.75, 3.05) is 0 Å². The number of aryl methyl sites for hydroxylation is 1. The minimum Gasteiger partial charge on any atom is -0.385 e. The lowest BCUT2D eigenvalue weighted by Crippen LogP contribution is -2.06. The van der Waals surface area contributed by atoms with Crippen LogP contribution in [0.1, 0.15) is 25.8 Å². The standard InChI is InChI=1S/C6H11N3O/c1-3-9-6(5(2)10)7-4-8-9/h4-5,10H,3H2,1-2H3/t5-/m0/s1. The molecule has 0 bridgehead atoms. The highest BCUT2D eigenvalue weighted by Crippen LogP contribution is 2.05. The lowest BCUT2D eigenvalue weighted by molar-refractivity contribution is 0.182. The molecular formula is C6H11N3O. The van der Waals surface area contributed by atoms with E-state index in [1.165, 1.54) is 6.33 Å². The minimum absolute atomic E-state index is 0.526. The van der Waals surface area contributed by atoms with Crippen LogP contribution < -0.4 is 0 Å². The number of hydrogen-bond donors (Lipinski definition) is 1. The fourth-order valence-electron chi connectivity index (χ4n) is 0.840. The first-order valence-electron chi connectivity index (χ1n) is 3.31. The molecule has 1 heterocycles. The summed E-state index contributed by atoms with van der Waals surface area (Å²) in [6.45, 7) is 4.39. The average molecular weight is 141 g/mol. The summed E-state index contributed by atoms with van der Waals surface area (Å²) in [5.74, 6) is 0.627. The second-order valence-electron chi connectivity index (χ2n) is 2.11. The van der Waals surface area contributed by atoms with Crippen LogP contribution in [0.15, 0.2) is 6.33 Å². The molecule has 0 aliphatic rings. The minimum atomic E-state index is -0.526. The third kappa shape index (κ3) is 1.16. The highest BCUT2D eigenvalue weighted by atomic mass is 16.3. The maximum absolute atomic E-state index is 9.10. The van der Waals surface area contributed by atoms with Crippen LogP contribution in [0.2, 0.25) is 0 Å². The first kappa shape index (κ1) is 7.21. The van der Waals surface area contributed by atoms with Crippen molar-refractivity contribution in [1.29, 1.82) is 0 Å². The van der Waals surface area contributed by atoms with Crippen LogP contribution in [0.25, 0.3) is 0 Å². The molecule has 1 atom stereocenters. The van der Waals surface area contributed by atoms with Crippen molar-refractivity contribution in [1.82, 2.24) is 14.8 Å². The second kappa shape index (κ2) is 2.79. The van der Waals surface area contributed by atoms with Gasteiger partial charge in [0.1, 0.15) is 12.4 Å². The van der Waals surface area contributed by atoms with Crippen molar-refractivity contribution < 1.29 is 5.11 Å². The van der Waals surface area contributed by atoms with Gasteiger partial charge in [-0.2, -0.15) is 5.10 Å². The van der Waals surface area contributed by atoms with Crippen LogP contribution >= 0.6 is 0 Å². The highest BCUT2D eigenvalue weighted by Gasteiger charge is 2.06. The molecule has 0 radical (unpaired) electrons. The number of aliphatic hydroxyl groups is 1. The third-order valence-corrected chi connectivity index (χ3v) is 1.32. The predicted octanol–water partition coefficient (Wildman–Crippen LogP) is 0.351. The lowest BCUT2D eigenvalue weighted by atomic mass is 10.4. The molecule has 1 rings (SSSR count). The molecule has 0 saturated carbocycles. The summed E-state index contributed by atoms with van der Waals surface area (Å²) in [5, 5.41) is 13.0. The van der Waals surface area contributed by atoms with Crippen molar-refractivity contribution in [2.24, 2.45) is 0 Å². The fraction of sp³-hybridized carbons (Fsp3) is 0.667. The largest absolute Gasteiger partial charge is 0.385 e. The molecule has 56 valence electrons. The summed E-state index contributed by atoms with van der Waals surface area (Å²) in [4.78, 5) is 3.89. The predicted molar refractivity (Wildman–Crippen MR) is 36.3 cm³/mol. The van der Waals surface area contributed by atoms with Crippen LogP contribution in [-0.2, 0) is 6.54 Å². The summed E-state index contributed by atoms with van der Waals surface area (Å²) >= 11 is 0. The molecule has 4 heteroatoms. The van der Waals surface area contributed by atoms with Gasteiger partial charge >= 0.3 is 0 Å². The molecule has 4 nitrogen and oxygen atoms in total. The maximum Gasteiger partial charge on any atom is 0.155 e. The molecule has 0 aromatic carbocycles. The molecule has 0 saturated heterocycles. The van der Waals surface area contributed by atoms with E-state index >= 15 is 0 Å². The molecule has 1 aromatic heterocycles. The van der Waals surface area contributed by atoms with E-state index in [0.717, 1.165) is 6.54 Å². The summed E-state index contributed by atoms with van der Waals surface area (Å²) in [5.41, 5.74) is 0. The molecule has 0 spiro atoms. The first-order chi connectivity index (χ1) is 4.75. The zero-order valence-corrected chi connectivity index (χ0v) is 6.15. The number of hydrogen-bond acceptors (Lipinski definition) is 3. The third-order valence-electron chi connectivity index (χ3n) is 1.32. The van der Waals surface area contributed by atoms with Crippen LogP contribution in [0.3, 0.4) is 0 Å². The van der Waals surface area contributed by atoms with E-state index in [1.807, 2.05) is 6.92 Å². The van der Waals surface area contributed by atoms with E-state index in [1.54, 1.807) is 11.6 Å². The maximum atomic E-state index is 9.10. The van der Waals surface area contributed by atoms with Gasteiger partial charge in [-0.05, 0) is 13.8 Å². The Bertz CT molecular complexity index is 207. The van der Waals surface area contributed by atoms with E-state index in [-0.39, 0.29) is 0 Å². The SMILES string of the molecule is CCn1ncnc1[C@H](C)O. The zero-order chi connectivity index (χ0) is 7.56. The summed E-state index contributed by atoms with van der Waals surface area (Å²) < 4.78 is 1.67. The van der Waals surface area contributed by atoms with E-state index in [0.29, 0.717) is 5.82 Å². The van der Waals surface area contributed by atoms with Gasteiger partial charge in [0.05, 0.1) is 0 Å². The number of aromatic nitrogens is 3. The van der Waals surface area contributed by atoms with E-state index in [9.17, 15) is 0 Å². The summed E-state index contributed by atoms with van der Waals surface area (Å²) in [6.07, 6.45) is 0.924. The van der Waals surface area contributed by atoms with Crippen LogP contribution in [-0.4, -0.2) is 19.9 Å². The zero-order valence-electron chi connectivity index (χ0n) is 6.15. The van der Waals surface area contributed by atoms with Crippen molar-refractivity contribution >= 4 is 0 Å². The molecule has 0 aliphatic heterocycles. The Morgan fingerprint density at radius 1 is 1.80 bits per heavy atom. The normalized spacial score (nSPS) is 13.5. The summed E-state index contributed by atoms with van der Waals surface area (Å²) in [6, 6.07) is 0. The topological polar surface area (TPSA) is 50.9 Å². The Morgan fingerprint density at radius 2 is 2.50 bits per heavy atom. The van der Waals surface area contributed by atoms with Gasteiger partial charge in [0, 0.05) is 6.54 Å². The van der Waals surface area contributed by atoms with Gasteiger partial charge in [-0.25, -0.2) is 9.67 Å². The van der Waals surface area contributed by atoms with Gasteiger partial charge in [-0.15, -0.1) is 0 Å². The van der Waals surface area contributed by atoms with Crippen molar-refractivity contribution in [2.45, 2.75) is 26.5 Å². The second-order valence-corrected chi connectivity index (χ2v) is 2.11. The van der Waals surface area contributed by atoms with Crippen LogP contribution in [0.4, 0.5) is 0 Å². The van der Waals surface area contributed by atoms with E-state index in [4.69, 9.17) is 5.11 Å². The molecule has 0 aliphatic carbocycles. The van der Waals surface area contributed by atoms with Gasteiger partial charge in [0.2, 0.25) is 0 Å². The Hall–Kier alpha value is -0.900. The van der Waals surface area contributed by atoms with Crippen molar-refractivity contribution in [3.63, 3.8) is 0 Å². The monoisotopic (exact) mass is 141 g/mol. The van der Waals surface area contributed by atoms with Crippen molar-refractivity contribution in [3.8, 4) is 0 Å². The highest BCUT2D eigenvalue weighted by molar-refractivity contribution is 4.87. The molecule has 10 heavy (non-hydrogen) atoms. The van der Waals surface area contributed by atoms with E-state index < -0.39 is 6.10 Å². The Morgan fingerprint density at radius 3 is 2.90 bits per heavy atom. The van der Waals surface area contributed by atoms with Gasteiger partial charge < -0.3 is 5.11 Å². The quantitative estimate of drug-likeness (QED) is 0.646. The van der Waals surface area contributed by atoms with E-state index in [2.05, 4.69) is 10.1 Å². The summed E-state index contributed by atoms with van der Waals surface area (Å²) in [7, 11) is 0. The Balaban J connectivity index is 2.90. The fourth-order valence-corrected chi connectivity index (χ4v) is 0.840. The van der Waals surface area contributed by atoms with Gasteiger partial charge in [0.15, 0.2) is 5.82 Å². The molecular weight excluding hydrogens is 130 g/mol. The van der Waals surface area contributed by atoms with Gasteiger partial charge in [-0.1, -0.05) is 0 Å². The van der Waals surface area contributed by atoms with Crippen molar-refractivity contribution in [3.05, 3.63) is 12.2 Å². The number of aliphatic hydroxyl groups excluding tert-OH is 1. The molecule has 0 unspecified atom stereocenters. The Labute approximate surface area is 59.5 Å². The average Bonchev–Trinajstić information content (AvgIpc) is 2.33. The molecule has 0 amide bonds. The van der Waals surface area contributed by atoms with Crippen LogP contribution in [0, 0.1) is 0 Å². The Kier molecular flexibility index (Phi) is 2.01. The number of rotatable bonds is 2. The van der Waals surface area contributed by atoms with Gasteiger partial charge in [-0.3, -0.25) is 0 Å². The lowest BCUT2D eigenvalue weighted by Gasteiger charge is -2.03. The van der Waals surface area contributed by atoms with Gasteiger partial charge in [0.25, 0.3) is 0 Å². The molecule has 1 aromatic rings.